The number of carbonyl (C=O) groups excluding carboxylic acids is 1. The quantitative estimate of drug-likeness (QED) is 0.436. The first kappa shape index (κ1) is 20.2. The molecule has 0 spiro atoms. The molecule has 0 bridgehead atoms. The summed E-state index contributed by atoms with van der Waals surface area (Å²) in [5.74, 6) is 7.06. The monoisotopic (exact) mass is 415 g/mol. The van der Waals surface area contributed by atoms with Crippen LogP contribution >= 0.6 is 23.4 Å². The second-order valence-corrected chi connectivity index (χ2v) is 7.80. The lowest BCUT2D eigenvalue weighted by Gasteiger charge is -2.15. The Morgan fingerprint density at radius 3 is 2.64 bits per heavy atom. The third-order valence-corrected chi connectivity index (χ3v) is 5.67. The van der Waals surface area contributed by atoms with E-state index in [0.29, 0.717) is 21.9 Å². The van der Waals surface area contributed by atoms with Gasteiger partial charge in [0.05, 0.1) is 5.75 Å². The fourth-order valence-corrected chi connectivity index (χ4v) is 3.53. The summed E-state index contributed by atoms with van der Waals surface area (Å²) < 4.78 is 1.38. The van der Waals surface area contributed by atoms with Gasteiger partial charge in [-0.15, -0.1) is 10.2 Å². The van der Waals surface area contributed by atoms with E-state index in [1.54, 1.807) is 12.1 Å². The van der Waals surface area contributed by atoms with Crippen molar-refractivity contribution in [3.63, 3.8) is 0 Å². The summed E-state index contributed by atoms with van der Waals surface area (Å²) in [6.45, 7) is 4.28. The zero-order valence-electron chi connectivity index (χ0n) is 15.7. The van der Waals surface area contributed by atoms with E-state index in [1.165, 1.54) is 16.4 Å². The van der Waals surface area contributed by atoms with Crippen LogP contribution in [-0.4, -0.2) is 26.5 Å². The predicted molar refractivity (Wildman–Crippen MR) is 115 cm³/mol. The topological polar surface area (TPSA) is 85.8 Å². The van der Waals surface area contributed by atoms with Crippen LogP contribution in [-0.2, 0) is 4.79 Å². The maximum atomic E-state index is 12.4. The number of amides is 1. The first-order valence-electron chi connectivity index (χ1n) is 8.97. The number of aromatic nitrogens is 3. The summed E-state index contributed by atoms with van der Waals surface area (Å²) in [7, 11) is 0. The number of nitrogens with one attached hydrogen (secondary N) is 1. The van der Waals surface area contributed by atoms with Gasteiger partial charge in [0.25, 0.3) is 0 Å². The third-order valence-electron chi connectivity index (χ3n) is 4.48. The predicted octanol–water partition coefficient (Wildman–Crippen LogP) is 4.56. The maximum absolute atomic E-state index is 12.4. The third kappa shape index (κ3) is 4.66. The number of carbonyl (C=O) groups is 1. The Morgan fingerprint density at radius 2 is 1.93 bits per heavy atom. The number of benzene rings is 2. The van der Waals surface area contributed by atoms with Crippen LogP contribution in [0.2, 0.25) is 5.02 Å². The van der Waals surface area contributed by atoms with Gasteiger partial charge in [0.15, 0.2) is 5.82 Å². The highest BCUT2D eigenvalue weighted by Gasteiger charge is 2.15. The van der Waals surface area contributed by atoms with E-state index in [-0.39, 0.29) is 11.7 Å². The molecule has 1 aromatic heterocycles. The average molecular weight is 416 g/mol. The minimum Gasteiger partial charge on any atom is -0.335 e. The molecule has 2 aromatic carbocycles. The molecule has 0 radical (unpaired) electrons. The number of para-hydroxylation sites is 1. The van der Waals surface area contributed by atoms with Crippen LogP contribution in [0.4, 0.5) is 5.69 Å². The molecule has 6 nitrogen and oxygen atoms in total. The van der Waals surface area contributed by atoms with E-state index >= 15 is 0 Å². The summed E-state index contributed by atoms with van der Waals surface area (Å²) in [6.07, 6.45) is 1.01. The Hall–Kier alpha value is -2.51. The van der Waals surface area contributed by atoms with Crippen molar-refractivity contribution in [3.8, 4) is 11.4 Å². The first-order valence-corrected chi connectivity index (χ1v) is 10.3. The fraction of sp³-hybridized carbons (Fsp3) is 0.250. The zero-order chi connectivity index (χ0) is 20.1. The fourth-order valence-electron chi connectivity index (χ4n) is 2.75. The minimum absolute atomic E-state index is 0.114. The van der Waals surface area contributed by atoms with Gasteiger partial charge in [0.1, 0.15) is 0 Å². The Kier molecular flexibility index (Phi) is 6.59. The molecule has 8 heteroatoms. The minimum atomic E-state index is -0.114. The van der Waals surface area contributed by atoms with Crippen molar-refractivity contribution in [2.24, 2.45) is 0 Å². The number of nitrogens with two attached hydrogens (primary N) is 1. The van der Waals surface area contributed by atoms with Crippen LogP contribution < -0.4 is 11.2 Å². The van der Waals surface area contributed by atoms with E-state index in [1.807, 2.05) is 36.4 Å². The Morgan fingerprint density at radius 1 is 1.21 bits per heavy atom. The Labute approximate surface area is 173 Å². The first-order chi connectivity index (χ1) is 13.5. The summed E-state index contributed by atoms with van der Waals surface area (Å²) in [5.41, 5.74) is 2.78. The van der Waals surface area contributed by atoms with Gasteiger partial charge >= 0.3 is 0 Å². The summed E-state index contributed by atoms with van der Waals surface area (Å²) >= 11 is 7.15. The second-order valence-electron chi connectivity index (χ2n) is 6.42. The van der Waals surface area contributed by atoms with Crippen molar-refractivity contribution < 1.29 is 4.79 Å². The van der Waals surface area contributed by atoms with Crippen molar-refractivity contribution in [1.29, 1.82) is 0 Å². The lowest BCUT2D eigenvalue weighted by Crippen LogP contribution is -2.17. The number of nitrogens with zero attached hydrogens (tertiary/aromatic N) is 3. The average Bonchev–Trinajstić information content (AvgIpc) is 3.07. The summed E-state index contributed by atoms with van der Waals surface area (Å²) in [6, 6.07) is 15.1. The van der Waals surface area contributed by atoms with Gasteiger partial charge in [-0.2, -0.15) is 0 Å². The normalized spacial score (nSPS) is 12.0. The van der Waals surface area contributed by atoms with Crippen molar-refractivity contribution in [2.45, 2.75) is 31.3 Å². The molecule has 0 aliphatic carbocycles. The molecular formula is C20H22ClN5OS. The molecule has 0 unspecified atom stereocenters. The van der Waals surface area contributed by atoms with Crippen LogP contribution in [0.5, 0.6) is 0 Å². The molecule has 0 saturated heterocycles. The van der Waals surface area contributed by atoms with Crippen molar-refractivity contribution in [1.82, 2.24) is 14.9 Å². The van der Waals surface area contributed by atoms with E-state index in [9.17, 15) is 4.79 Å². The van der Waals surface area contributed by atoms with Crippen LogP contribution in [0.3, 0.4) is 0 Å². The molecule has 0 aliphatic rings. The largest absolute Gasteiger partial charge is 0.335 e. The SMILES string of the molecule is CC[C@H](C)c1ccccc1NC(=O)CSc1nnc(-c2ccc(Cl)cc2)n1N. The van der Waals surface area contributed by atoms with E-state index in [2.05, 4.69) is 29.4 Å². The number of thioether (sulfide) groups is 1. The highest BCUT2D eigenvalue weighted by Crippen LogP contribution is 2.27. The van der Waals surface area contributed by atoms with Crippen LogP contribution in [0.25, 0.3) is 11.4 Å². The molecule has 146 valence electrons. The van der Waals surface area contributed by atoms with E-state index < -0.39 is 0 Å². The lowest BCUT2D eigenvalue weighted by molar-refractivity contribution is -0.113. The molecule has 3 rings (SSSR count). The van der Waals surface area contributed by atoms with Gasteiger partial charge < -0.3 is 11.2 Å². The lowest BCUT2D eigenvalue weighted by atomic mass is 9.97. The van der Waals surface area contributed by atoms with Gasteiger partial charge in [-0.05, 0) is 48.2 Å². The van der Waals surface area contributed by atoms with Crippen molar-refractivity contribution in [3.05, 3.63) is 59.1 Å². The van der Waals surface area contributed by atoms with E-state index in [4.69, 9.17) is 17.4 Å². The molecule has 0 saturated carbocycles. The van der Waals surface area contributed by atoms with Crippen molar-refractivity contribution >= 4 is 35.0 Å². The van der Waals surface area contributed by atoms with Gasteiger partial charge in [-0.25, -0.2) is 4.68 Å². The van der Waals surface area contributed by atoms with Crippen LogP contribution in [0, 0.1) is 0 Å². The molecule has 28 heavy (non-hydrogen) atoms. The highest BCUT2D eigenvalue weighted by molar-refractivity contribution is 7.99. The zero-order valence-corrected chi connectivity index (χ0v) is 17.3. The van der Waals surface area contributed by atoms with Gasteiger partial charge in [0.2, 0.25) is 11.1 Å². The number of halogens is 1. The molecule has 1 atom stereocenters. The van der Waals surface area contributed by atoms with Gasteiger partial charge in [-0.3, -0.25) is 4.79 Å². The summed E-state index contributed by atoms with van der Waals surface area (Å²) in [5, 5.41) is 12.3. The molecule has 0 aliphatic heterocycles. The molecule has 1 amide bonds. The smallest absolute Gasteiger partial charge is 0.234 e. The molecular weight excluding hydrogens is 394 g/mol. The Balaban J connectivity index is 1.65. The number of hydrogen-bond donors (Lipinski definition) is 2. The van der Waals surface area contributed by atoms with Gasteiger partial charge in [-0.1, -0.05) is 55.4 Å². The number of anilines is 1. The van der Waals surface area contributed by atoms with Gasteiger partial charge in [0, 0.05) is 16.3 Å². The number of rotatable bonds is 7. The van der Waals surface area contributed by atoms with Crippen LogP contribution in [0.1, 0.15) is 31.7 Å². The summed E-state index contributed by atoms with van der Waals surface area (Å²) in [4.78, 5) is 12.4. The standard InChI is InChI=1S/C20H22ClN5OS/c1-3-13(2)16-6-4-5-7-17(16)23-18(27)12-28-20-25-24-19(26(20)22)14-8-10-15(21)11-9-14/h4-11,13H,3,12,22H2,1-2H3,(H,23,27)/t13-/m0/s1. The molecule has 0 fully saturated rings. The molecule has 3 N–H and O–H groups in total. The van der Waals surface area contributed by atoms with Crippen molar-refractivity contribution in [2.75, 3.05) is 16.9 Å². The maximum Gasteiger partial charge on any atom is 0.234 e. The number of hydrogen-bond acceptors (Lipinski definition) is 5. The number of nitrogen functional groups attached to an aromatic ring is 1. The van der Waals surface area contributed by atoms with E-state index in [0.717, 1.165) is 23.2 Å². The van der Waals surface area contributed by atoms with Crippen LogP contribution in [0.15, 0.2) is 53.7 Å². The molecule has 1 heterocycles. The molecule has 3 aromatic rings. The Bertz CT molecular complexity index is 957. The highest BCUT2D eigenvalue weighted by atomic mass is 35.5. The second kappa shape index (κ2) is 9.12.